The van der Waals surface area contributed by atoms with E-state index in [1.165, 1.54) is 0 Å². The van der Waals surface area contributed by atoms with Crippen LogP contribution in [0.1, 0.15) is 20.8 Å². The van der Waals surface area contributed by atoms with Crippen molar-refractivity contribution in [2.24, 2.45) is 0 Å². The molecule has 0 saturated carbocycles. The number of rotatable bonds is 2. The Hall–Kier alpha value is -0.635. The minimum atomic E-state index is -0.396. The first-order chi connectivity index (χ1) is 7.86. The number of nitrogens with zero attached hydrogens (tertiary/aromatic N) is 1. The minimum absolute atomic E-state index is 0.349. The van der Waals surface area contributed by atoms with Crippen LogP contribution in [0, 0.1) is 0 Å². The lowest BCUT2D eigenvalue weighted by atomic mass is 9.80. The molecule has 1 aliphatic rings. The van der Waals surface area contributed by atoms with Gasteiger partial charge in [-0.3, -0.25) is 4.98 Å². The average Bonchev–Trinajstić information content (AvgIpc) is 2.48. The van der Waals surface area contributed by atoms with E-state index in [1.54, 1.807) is 12.4 Å². The number of hydrogen-bond donors (Lipinski definition) is 1. The molecule has 1 fully saturated rings. The molecule has 2 rings (SSSR count). The van der Waals surface area contributed by atoms with Gasteiger partial charge >= 0.3 is 7.12 Å². The van der Waals surface area contributed by atoms with Crippen LogP contribution in [0.3, 0.4) is 0 Å². The van der Waals surface area contributed by atoms with Gasteiger partial charge in [-0.1, -0.05) is 0 Å². The maximum atomic E-state index is 5.94. The molecule has 1 N–H and O–H groups in total. The van der Waals surface area contributed by atoms with Crippen LogP contribution in [-0.2, 0) is 9.31 Å². The molecular weight excluding hydrogens is 234 g/mol. The second-order valence-electron chi connectivity index (χ2n) is 4.94. The molecule has 0 amide bonds. The van der Waals surface area contributed by atoms with Gasteiger partial charge in [0.05, 0.1) is 16.6 Å². The van der Waals surface area contributed by atoms with Crippen molar-refractivity contribution in [2.45, 2.75) is 31.7 Å². The van der Waals surface area contributed by atoms with Crippen LogP contribution in [0.15, 0.2) is 18.5 Å². The second-order valence-corrected chi connectivity index (χ2v) is 6.04. The lowest BCUT2D eigenvalue weighted by molar-refractivity contribution is 0.0595. The number of pyridine rings is 1. The molecule has 1 saturated heterocycles. The molecule has 6 heteroatoms. The zero-order valence-electron chi connectivity index (χ0n) is 10.7. The smallest absolute Gasteiger partial charge is 0.399 e. The fraction of sp³-hybridized carbons (Fsp3) is 0.545. The monoisotopic (exact) mass is 252 g/mol. The van der Waals surface area contributed by atoms with Crippen molar-refractivity contribution in [3.63, 3.8) is 0 Å². The van der Waals surface area contributed by atoms with E-state index in [0.717, 1.165) is 11.2 Å². The molecule has 2 heterocycles. The van der Waals surface area contributed by atoms with E-state index in [9.17, 15) is 0 Å². The van der Waals surface area contributed by atoms with Gasteiger partial charge in [0.2, 0.25) is 0 Å². The minimum Gasteiger partial charge on any atom is -0.399 e. The molecule has 0 aromatic carbocycles. The highest BCUT2D eigenvalue weighted by atomic mass is 31.0. The fourth-order valence-electron chi connectivity index (χ4n) is 1.63. The van der Waals surface area contributed by atoms with Gasteiger partial charge in [-0.2, -0.15) is 0 Å². The summed E-state index contributed by atoms with van der Waals surface area (Å²) in [6.45, 7) is 6.05. The van der Waals surface area contributed by atoms with Gasteiger partial charge in [-0.25, -0.2) is 0 Å². The van der Waals surface area contributed by atoms with E-state index in [0.29, 0.717) is 0 Å². The highest BCUT2D eigenvalue weighted by molar-refractivity contribution is 7.19. The number of hydrogen-bond acceptors (Lipinski definition) is 4. The van der Waals surface area contributed by atoms with Crippen molar-refractivity contribution in [3.8, 4) is 0 Å². The topological polar surface area (TPSA) is 43.4 Å². The van der Waals surface area contributed by atoms with Gasteiger partial charge in [0, 0.05) is 24.9 Å². The quantitative estimate of drug-likeness (QED) is 0.635. The van der Waals surface area contributed by atoms with Gasteiger partial charge in [0.25, 0.3) is 0 Å². The van der Waals surface area contributed by atoms with Crippen molar-refractivity contribution >= 4 is 27.5 Å². The highest BCUT2D eigenvalue weighted by Crippen LogP contribution is 2.41. The lowest BCUT2D eigenvalue weighted by Crippen LogP contribution is -2.38. The zero-order chi connectivity index (χ0) is 12.7. The van der Waals surface area contributed by atoms with Crippen molar-refractivity contribution < 1.29 is 9.31 Å². The molecule has 2 atom stereocenters. The Morgan fingerprint density at radius 2 is 2.00 bits per heavy atom. The third kappa shape index (κ3) is 2.32. The summed E-state index contributed by atoms with van der Waals surface area (Å²) in [6, 6.07) is 1.99. The predicted octanol–water partition coefficient (Wildman–Crippen LogP) is 1.24. The van der Waals surface area contributed by atoms with Gasteiger partial charge in [-0.15, -0.1) is 9.24 Å². The van der Waals surface area contributed by atoms with Gasteiger partial charge in [0.15, 0.2) is 0 Å². The SMILES string of the molecule is CNc1cncc(B2OC(C)(C)C(C)(P)O2)c1. The highest BCUT2D eigenvalue weighted by Gasteiger charge is 2.52. The van der Waals surface area contributed by atoms with E-state index < -0.39 is 5.34 Å². The number of nitrogens with one attached hydrogen (secondary N) is 1. The Labute approximate surface area is 105 Å². The zero-order valence-corrected chi connectivity index (χ0v) is 11.8. The maximum absolute atomic E-state index is 5.94. The summed E-state index contributed by atoms with van der Waals surface area (Å²) in [4.78, 5) is 4.17. The van der Waals surface area contributed by atoms with Crippen molar-refractivity contribution in [1.29, 1.82) is 0 Å². The normalized spacial score (nSPS) is 27.2. The van der Waals surface area contributed by atoms with Crippen LogP contribution >= 0.6 is 9.24 Å². The van der Waals surface area contributed by atoms with Crippen LogP contribution in [0.25, 0.3) is 0 Å². The van der Waals surface area contributed by atoms with Crippen LogP contribution in [0.4, 0.5) is 5.69 Å². The first-order valence-electron chi connectivity index (χ1n) is 5.63. The number of aromatic nitrogens is 1. The summed E-state index contributed by atoms with van der Waals surface area (Å²) in [6.07, 6.45) is 3.54. The van der Waals surface area contributed by atoms with Gasteiger partial charge in [0.1, 0.15) is 0 Å². The number of anilines is 1. The molecule has 92 valence electrons. The fourth-order valence-corrected chi connectivity index (χ4v) is 1.82. The van der Waals surface area contributed by atoms with Crippen LogP contribution in [0.2, 0.25) is 0 Å². The molecule has 0 aliphatic carbocycles. The molecule has 1 aliphatic heterocycles. The summed E-state index contributed by atoms with van der Waals surface area (Å²) >= 11 is 0. The summed E-state index contributed by atoms with van der Waals surface area (Å²) in [7, 11) is 4.21. The van der Waals surface area contributed by atoms with Crippen LogP contribution in [0.5, 0.6) is 0 Å². The average molecular weight is 252 g/mol. The molecule has 0 radical (unpaired) electrons. The van der Waals surface area contributed by atoms with E-state index in [-0.39, 0.29) is 12.7 Å². The summed E-state index contributed by atoms with van der Waals surface area (Å²) in [5.74, 6) is 0. The Balaban J connectivity index is 2.25. The lowest BCUT2D eigenvalue weighted by Gasteiger charge is -2.32. The Morgan fingerprint density at radius 3 is 2.53 bits per heavy atom. The first-order valence-corrected chi connectivity index (χ1v) is 6.21. The summed E-state index contributed by atoms with van der Waals surface area (Å²) < 4.78 is 11.9. The molecular formula is C11H18BN2O2P. The molecule has 1 aromatic heterocycles. The summed E-state index contributed by atoms with van der Waals surface area (Å²) in [5.41, 5.74) is 1.53. The maximum Gasteiger partial charge on any atom is 0.496 e. The third-order valence-corrected chi connectivity index (χ3v) is 4.10. The molecule has 2 unspecified atom stereocenters. The largest absolute Gasteiger partial charge is 0.496 e. The second kappa shape index (κ2) is 4.23. The van der Waals surface area contributed by atoms with Crippen LogP contribution in [-0.4, -0.2) is 30.1 Å². The van der Waals surface area contributed by atoms with Crippen LogP contribution < -0.4 is 10.8 Å². The Morgan fingerprint density at radius 1 is 1.29 bits per heavy atom. The molecule has 4 nitrogen and oxygen atoms in total. The Kier molecular flexibility index (Phi) is 3.19. The van der Waals surface area contributed by atoms with Crippen molar-refractivity contribution in [3.05, 3.63) is 18.5 Å². The van der Waals surface area contributed by atoms with Crippen molar-refractivity contribution in [1.82, 2.24) is 4.98 Å². The van der Waals surface area contributed by atoms with E-state index in [4.69, 9.17) is 9.31 Å². The van der Waals surface area contributed by atoms with Gasteiger partial charge in [-0.05, 0) is 26.8 Å². The Bertz CT molecular complexity index is 410. The molecule has 1 aromatic rings. The standard InChI is InChI=1S/C11H18BN2O2P/c1-10(2)11(3,17)16-12(15-10)8-5-9(13-4)7-14-6-8/h5-7,13H,17H2,1-4H3. The van der Waals surface area contributed by atoms with E-state index in [1.807, 2.05) is 33.9 Å². The molecule has 0 bridgehead atoms. The van der Waals surface area contributed by atoms with Gasteiger partial charge < -0.3 is 14.6 Å². The summed E-state index contributed by atoms with van der Waals surface area (Å²) in [5, 5.41) is 2.66. The van der Waals surface area contributed by atoms with Crippen molar-refractivity contribution in [2.75, 3.05) is 12.4 Å². The third-order valence-electron chi connectivity index (χ3n) is 3.27. The predicted molar refractivity (Wildman–Crippen MR) is 73.5 cm³/mol. The van der Waals surface area contributed by atoms with E-state index in [2.05, 4.69) is 19.5 Å². The first kappa shape index (κ1) is 12.8. The van der Waals surface area contributed by atoms with E-state index >= 15 is 0 Å². The molecule has 17 heavy (non-hydrogen) atoms. The molecule has 0 spiro atoms.